The van der Waals surface area contributed by atoms with Crippen LogP contribution in [-0.2, 0) is 24.4 Å². The fourth-order valence-electron chi connectivity index (χ4n) is 0. The summed E-state index contributed by atoms with van der Waals surface area (Å²) in [6.07, 6.45) is -9.70. The topological polar surface area (TPSA) is 348 Å². The van der Waals surface area contributed by atoms with E-state index in [9.17, 15) is 0 Å². The Kier molecular flexibility index (Phi) is 98.3. The first-order valence-electron chi connectivity index (χ1n) is 3.97. The van der Waals surface area contributed by atoms with E-state index in [2.05, 4.69) is 24.4 Å². The van der Waals surface area contributed by atoms with Crippen molar-refractivity contribution in [2.24, 2.45) is 0 Å². The quantitative estimate of drug-likeness (QED) is 0.0906. The first kappa shape index (κ1) is 56.5. The van der Waals surface area contributed by atoms with Gasteiger partial charge in [0, 0.05) is 0 Å². The molecule has 0 rings (SSSR count). The summed E-state index contributed by atoms with van der Waals surface area (Å²) in [5.74, 6) is 0. The number of hydrogen-bond donors (Lipinski definition) is 5. The van der Waals surface area contributed by atoms with Crippen LogP contribution in [-0.4, -0.2) is 138 Å². The molecule has 0 saturated carbocycles. The van der Waals surface area contributed by atoms with Crippen molar-refractivity contribution in [1.82, 2.24) is 0 Å². The Morgan fingerprint density at radius 2 is 0.483 bits per heavy atom. The Bertz CT molecular complexity index is 317. The van der Waals surface area contributed by atoms with Crippen LogP contribution in [0.15, 0.2) is 0 Å². The Morgan fingerprint density at radius 3 is 0.483 bits per heavy atom. The molecule has 0 bridgehead atoms. The molecule has 0 radical (unpaired) electrons. The summed E-state index contributed by atoms with van der Waals surface area (Å²) in [5, 5.41) is 78.8. The van der Waals surface area contributed by atoms with Gasteiger partial charge in [-0.15, -0.1) is 0 Å². The van der Waals surface area contributed by atoms with Crippen LogP contribution in [0, 0.1) is 0 Å². The smallest absolute Gasteiger partial charge is 1.00 e. The summed E-state index contributed by atoms with van der Waals surface area (Å²) in [6, 6.07) is 0. The molecule has 0 unspecified atom stereocenters. The summed E-state index contributed by atoms with van der Waals surface area (Å²) in [4.78, 5) is 56.7. The predicted octanol–water partition coefficient (Wildman–Crippen LogP) is -6.86. The second-order valence-corrected chi connectivity index (χ2v) is 1.71. The SMILES string of the molecule is O=C([O-])OO.O=C([O-])OO.O=C([O-])OO.O=C([O-])OO.O=C([O-])OO.[Al+3].[Al+3].[H-].[H-].[H-].[H-].[H-].[Mg+2].[Mg+2]. The number of carbonyl (C=O) groups excluding carboxylic acids is 5. The second kappa shape index (κ2) is 50.5. The molecule has 24 heteroatoms. The van der Waals surface area contributed by atoms with E-state index in [1.54, 1.807) is 0 Å². The third-order valence-corrected chi connectivity index (χ3v) is 0.373. The first-order chi connectivity index (χ1) is 11.4. The Labute approximate surface area is 218 Å². The van der Waals surface area contributed by atoms with Crippen molar-refractivity contribution in [2.45, 2.75) is 0 Å². The van der Waals surface area contributed by atoms with Crippen molar-refractivity contribution in [1.29, 1.82) is 0 Å². The molecule has 0 fully saturated rings. The zero-order valence-electron chi connectivity index (χ0n) is 18.4. The van der Waals surface area contributed by atoms with Gasteiger partial charge in [0.1, 0.15) is 0 Å². The van der Waals surface area contributed by atoms with Crippen LogP contribution in [0.5, 0.6) is 0 Å². The van der Waals surface area contributed by atoms with Crippen LogP contribution in [0.25, 0.3) is 0 Å². The van der Waals surface area contributed by atoms with Crippen LogP contribution in [0.4, 0.5) is 24.0 Å². The van der Waals surface area contributed by atoms with Gasteiger partial charge in [0.2, 0.25) is 0 Å². The minimum absolute atomic E-state index is 0. The second-order valence-electron chi connectivity index (χ2n) is 1.71. The minimum atomic E-state index is -1.94. The van der Waals surface area contributed by atoms with Gasteiger partial charge in [0.05, 0.1) is 0 Å². The molecule has 0 spiro atoms. The minimum Gasteiger partial charge on any atom is -1.00 e. The van der Waals surface area contributed by atoms with Crippen LogP contribution in [0.1, 0.15) is 7.13 Å². The molecule has 0 saturated heterocycles. The Balaban J connectivity index is -0.0000000115. The van der Waals surface area contributed by atoms with Crippen LogP contribution in [0.3, 0.4) is 0 Å². The fraction of sp³-hybridized carbons (Fsp3) is 0. The molecule has 20 nitrogen and oxygen atoms in total. The predicted molar refractivity (Wildman–Crippen MR) is 74.1 cm³/mol. The van der Waals surface area contributed by atoms with Gasteiger partial charge in [-0.25, -0.2) is 0 Å². The third kappa shape index (κ3) is 214. The van der Waals surface area contributed by atoms with Gasteiger partial charge in [0.25, 0.3) is 30.8 Å². The number of carbonyl (C=O) groups is 5. The standard InChI is InChI=1S/5CH2O4.2Al.2Mg.5H/c5*2-1(3)5-4;;;;;;;;;/h5*4H,(H,2,3);;;;;;;;;/q;;;;;2*+3;2*+2;5*-1/p-5. The molecule has 29 heavy (non-hydrogen) atoms. The molecule has 0 aliphatic rings. The van der Waals surface area contributed by atoms with E-state index in [1.165, 1.54) is 0 Å². The van der Waals surface area contributed by atoms with E-state index in [0.29, 0.717) is 0 Å². The van der Waals surface area contributed by atoms with Gasteiger partial charge in [-0.3, -0.25) is 26.3 Å². The maximum atomic E-state index is 8.78. The summed E-state index contributed by atoms with van der Waals surface area (Å²) >= 11 is 0. The molecule has 0 amide bonds. The van der Waals surface area contributed by atoms with E-state index in [-0.39, 0.29) is 88.0 Å². The monoisotopic (exact) mass is 492 g/mol. The fourth-order valence-corrected chi connectivity index (χ4v) is 0. The molecule has 0 heterocycles. The zero-order chi connectivity index (χ0) is 21.4. The van der Waals surface area contributed by atoms with E-state index >= 15 is 0 Å². The molecule has 0 atom stereocenters. The molecule has 160 valence electrons. The summed E-state index contributed by atoms with van der Waals surface area (Å²) in [5.41, 5.74) is 0. The van der Waals surface area contributed by atoms with Crippen LogP contribution < -0.4 is 25.5 Å². The van der Waals surface area contributed by atoms with E-state index in [4.69, 9.17) is 75.8 Å². The van der Waals surface area contributed by atoms with Crippen LogP contribution in [0.2, 0.25) is 0 Å². The molecule has 0 aromatic rings. The zero-order valence-corrected chi connectivity index (χ0v) is 18.6. The van der Waals surface area contributed by atoms with Crippen molar-refractivity contribution < 1.29 is 107 Å². The summed E-state index contributed by atoms with van der Waals surface area (Å²) in [7, 11) is 0. The number of hydrogen-bond acceptors (Lipinski definition) is 20. The van der Waals surface area contributed by atoms with Crippen LogP contribution >= 0.6 is 0 Å². The molecule has 0 aliphatic carbocycles. The normalized spacial score (nSPS) is 5.69. The average Bonchev–Trinajstić information content (AvgIpc) is 2.56. The van der Waals surface area contributed by atoms with E-state index in [1.807, 2.05) is 0 Å². The van der Waals surface area contributed by atoms with E-state index < -0.39 is 30.8 Å². The number of rotatable bonds is 0. The molecule has 0 aromatic heterocycles. The summed E-state index contributed by atoms with van der Waals surface area (Å²) in [6.45, 7) is 0. The molecular formula is C5H10Al2Mg2O20. The average molecular weight is 493 g/mol. The van der Waals surface area contributed by atoms with Gasteiger partial charge in [-0.05, 0) is 0 Å². The molecule has 0 aromatic carbocycles. The van der Waals surface area contributed by atoms with Crippen molar-refractivity contribution in [3.05, 3.63) is 0 Å². The maximum absolute atomic E-state index is 8.78. The van der Waals surface area contributed by atoms with Crippen molar-refractivity contribution in [2.75, 3.05) is 0 Å². The van der Waals surface area contributed by atoms with Crippen molar-refractivity contribution in [3.8, 4) is 0 Å². The van der Waals surface area contributed by atoms with Gasteiger partial charge in [-0.2, -0.15) is 0 Å². The van der Waals surface area contributed by atoms with Gasteiger partial charge < -0.3 is 81.1 Å². The number of carboxylic acid groups (broad SMARTS) is 5. The molecule has 0 aliphatic heterocycles. The summed E-state index contributed by atoms with van der Waals surface area (Å²) < 4.78 is 0. The Morgan fingerprint density at radius 1 is 0.448 bits per heavy atom. The first-order valence-corrected chi connectivity index (χ1v) is 3.97. The van der Waals surface area contributed by atoms with Gasteiger partial charge in [0.15, 0.2) is 0 Å². The molecular weight excluding hydrogens is 483 g/mol. The molecule has 5 N–H and O–H groups in total. The Hall–Kier alpha value is -1.25. The van der Waals surface area contributed by atoms with Gasteiger partial charge >= 0.3 is 80.8 Å². The van der Waals surface area contributed by atoms with Gasteiger partial charge in [-0.1, -0.05) is 0 Å². The third-order valence-electron chi connectivity index (χ3n) is 0.373. The maximum Gasteiger partial charge on any atom is 3.00 e. The largest absolute Gasteiger partial charge is 3.00 e. The van der Waals surface area contributed by atoms with E-state index in [0.717, 1.165) is 0 Å². The van der Waals surface area contributed by atoms with Crippen molar-refractivity contribution >= 4 is 112 Å². The van der Waals surface area contributed by atoms with Crippen molar-refractivity contribution in [3.63, 3.8) is 0 Å².